The molecule has 0 unspecified atom stereocenters. The van der Waals surface area contributed by atoms with Gasteiger partial charge in [0.1, 0.15) is 11.5 Å². The van der Waals surface area contributed by atoms with Crippen molar-refractivity contribution >= 4 is 34.3 Å². The Morgan fingerprint density at radius 3 is 2.50 bits per heavy atom. The van der Waals surface area contributed by atoms with Crippen LogP contribution in [0.5, 0.6) is 11.5 Å². The molecule has 0 spiro atoms. The number of nitrogens with one attached hydrogen (secondary N) is 1. The summed E-state index contributed by atoms with van der Waals surface area (Å²) in [5.41, 5.74) is 4.92. The number of benzene rings is 3. The number of aromatic nitrogens is 2. The minimum absolute atomic E-state index is 0.244. The average molecular weight is 608 g/mol. The van der Waals surface area contributed by atoms with Gasteiger partial charge in [0.25, 0.3) is 5.56 Å². The van der Waals surface area contributed by atoms with Crippen molar-refractivity contribution < 1.29 is 19.0 Å². The highest BCUT2D eigenvalue weighted by Crippen LogP contribution is 2.36. The lowest BCUT2D eigenvalue weighted by molar-refractivity contribution is -0.143. The van der Waals surface area contributed by atoms with E-state index in [-0.39, 0.29) is 11.7 Å². The number of hydrogen-bond donors (Lipinski definition) is 1. The van der Waals surface area contributed by atoms with Gasteiger partial charge in [0.15, 0.2) is 4.80 Å². The summed E-state index contributed by atoms with van der Waals surface area (Å²) in [6.45, 7) is 7.84. The fraction of sp³-hybridized carbons (Fsp3) is 0.229. The van der Waals surface area contributed by atoms with Gasteiger partial charge in [0.05, 0.1) is 52.9 Å². The van der Waals surface area contributed by atoms with Gasteiger partial charge in [-0.2, -0.15) is 0 Å². The Hall–Kier alpha value is -4.89. The second-order valence-corrected chi connectivity index (χ2v) is 11.7. The number of allylic oxidation sites excluding steroid dienone is 1. The molecule has 5 aromatic rings. The van der Waals surface area contributed by atoms with Crippen LogP contribution in [0.1, 0.15) is 44.9 Å². The second-order valence-electron chi connectivity index (χ2n) is 10.7. The van der Waals surface area contributed by atoms with E-state index in [1.54, 1.807) is 32.4 Å². The molecule has 1 aliphatic rings. The first-order valence-electron chi connectivity index (χ1n) is 14.5. The van der Waals surface area contributed by atoms with E-state index >= 15 is 0 Å². The van der Waals surface area contributed by atoms with Crippen molar-refractivity contribution in [2.24, 2.45) is 4.99 Å². The van der Waals surface area contributed by atoms with Gasteiger partial charge in [-0.25, -0.2) is 9.79 Å². The molecular formula is C35H33N3O5S. The van der Waals surface area contributed by atoms with E-state index in [9.17, 15) is 9.59 Å². The molecule has 0 amide bonds. The summed E-state index contributed by atoms with van der Waals surface area (Å²) in [5.74, 6) is 0.920. The molecule has 2 aromatic heterocycles. The van der Waals surface area contributed by atoms with Crippen LogP contribution in [0.2, 0.25) is 0 Å². The number of carbonyl (C=O) groups is 1. The normalized spacial score (nSPS) is 15.0. The van der Waals surface area contributed by atoms with Gasteiger partial charge in [0, 0.05) is 10.9 Å². The zero-order chi connectivity index (χ0) is 31.0. The van der Waals surface area contributed by atoms with Gasteiger partial charge >= 0.3 is 5.97 Å². The Morgan fingerprint density at radius 1 is 1.07 bits per heavy atom. The minimum atomic E-state index is -0.716. The van der Waals surface area contributed by atoms with E-state index in [2.05, 4.69) is 4.98 Å². The molecule has 6 rings (SSSR count). The summed E-state index contributed by atoms with van der Waals surface area (Å²) in [4.78, 5) is 36.6. The van der Waals surface area contributed by atoms with Gasteiger partial charge in [-0.15, -0.1) is 0 Å². The van der Waals surface area contributed by atoms with Crippen LogP contribution in [-0.4, -0.2) is 35.3 Å². The van der Waals surface area contributed by atoms with Gasteiger partial charge in [-0.05, 0) is 63.1 Å². The highest BCUT2D eigenvalue weighted by atomic mass is 32.1. The summed E-state index contributed by atoms with van der Waals surface area (Å²) in [6, 6.07) is 22.6. The number of para-hydroxylation sites is 1. The van der Waals surface area contributed by atoms with Crippen molar-refractivity contribution in [3.05, 3.63) is 115 Å². The largest absolute Gasteiger partial charge is 0.495 e. The lowest BCUT2D eigenvalue weighted by Crippen LogP contribution is -2.40. The molecule has 3 heterocycles. The molecule has 8 nitrogen and oxygen atoms in total. The molecule has 0 radical (unpaired) electrons. The monoisotopic (exact) mass is 607 g/mol. The molecule has 0 bridgehead atoms. The first-order valence-corrected chi connectivity index (χ1v) is 15.3. The van der Waals surface area contributed by atoms with Crippen molar-refractivity contribution in [2.45, 2.75) is 39.8 Å². The second kappa shape index (κ2) is 12.0. The Bertz CT molecular complexity index is 2070. The van der Waals surface area contributed by atoms with Crippen LogP contribution in [-0.2, 0) is 9.53 Å². The molecule has 9 heteroatoms. The van der Waals surface area contributed by atoms with Crippen molar-refractivity contribution in [3.63, 3.8) is 0 Å². The lowest BCUT2D eigenvalue weighted by Gasteiger charge is -2.25. The van der Waals surface area contributed by atoms with Crippen LogP contribution in [0.25, 0.3) is 28.2 Å². The number of H-pyrrole nitrogens is 1. The number of nitrogens with zero attached hydrogens (tertiary/aromatic N) is 2. The van der Waals surface area contributed by atoms with E-state index in [1.807, 2.05) is 85.8 Å². The van der Waals surface area contributed by atoms with Gasteiger partial charge in [0.2, 0.25) is 0 Å². The molecular weight excluding hydrogens is 574 g/mol. The first kappa shape index (κ1) is 29.2. The summed E-state index contributed by atoms with van der Waals surface area (Å²) < 4.78 is 19.0. The third-order valence-electron chi connectivity index (χ3n) is 7.48. The SMILES string of the molecule is CCOc1ccc([C@@H]2C(C(=O)OC(C)C)=C(C)N=c3s/c(=C/c4c(-c5ccccc5)[nH]c5c(OC)cccc45)c(=O)n32)cc1. The average Bonchev–Trinajstić information content (AvgIpc) is 3.54. The van der Waals surface area contributed by atoms with Crippen molar-refractivity contribution in [2.75, 3.05) is 13.7 Å². The van der Waals surface area contributed by atoms with Gasteiger partial charge in [-0.1, -0.05) is 65.9 Å². The van der Waals surface area contributed by atoms with Crippen molar-refractivity contribution in [1.82, 2.24) is 9.55 Å². The van der Waals surface area contributed by atoms with Gasteiger partial charge in [-0.3, -0.25) is 9.36 Å². The summed E-state index contributed by atoms with van der Waals surface area (Å²) in [7, 11) is 1.64. The first-order chi connectivity index (χ1) is 21.3. The zero-order valence-electron chi connectivity index (χ0n) is 25.2. The summed E-state index contributed by atoms with van der Waals surface area (Å²) in [5, 5.41) is 0.925. The smallest absolute Gasteiger partial charge is 0.338 e. The number of thiazole rings is 1. The number of fused-ring (bicyclic) bond motifs is 2. The highest BCUT2D eigenvalue weighted by Gasteiger charge is 2.34. The number of ether oxygens (including phenoxy) is 3. The van der Waals surface area contributed by atoms with E-state index in [0.29, 0.717) is 38.7 Å². The van der Waals surface area contributed by atoms with E-state index in [4.69, 9.17) is 19.2 Å². The van der Waals surface area contributed by atoms with Crippen LogP contribution < -0.4 is 24.4 Å². The standard InChI is InChI=1S/C35H33N3O5S/c1-6-42-24-17-15-23(16-18-24)32-29(34(40)43-20(2)3)21(4)36-35-38(32)33(39)28(44-35)19-26-25-13-10-14-27(41-5)31(25)37-30(26)22-11-8-7-9-12-22/h7-20,32,37H,6H2,1-5H3/b28-19+/t32-/m1/s1. The van der Waals surface area contributed by atoms with Gasteiger partial charge < -0.3 is 19.2 Å². The predicted octanol–water partition coefficient (Wildman–Crippen LogP) is 5.74. The number of esters is 1. The predicted molar refractivity (Wildman–Crippen MR) is 173 cm³/mol. The number of rotatable bonds is 8. The van der Waals surface area contributed by atoms with Crippen molar-refractivity contribution in [1.29, 1.82) is 0 Å². The molecule has 1 atom stereocenters. The van der Waals surface area contributed by atoms with Crippen LogP contribution in [0.15, 0.2) is 93.9 Å². The molecule has 0 aliphatic carbocycles. The molecule has 224 valence electrons. The molecule has 1 aliphatic heterocycles. The maximum absolute atomic E-state index is 14.3. The molecule has 0 saturated carbocycles. The van der Waals surface area contributed by atoms with Crippen LogP contribution in [0, 0.1) is 0 Å². The minimum Gasteiger partial charge on any atom is -0.495 e. The number of aromatic amines is 1. The quantitative estimate of drug-likeness (QED) is 0.227. The Balaban J connectivity index is 1.59. The molecule has 44 heavy (non-hydrogen) atoms. The summed E-state index contributed by atoms with van der Waals surface area (Å²) >= 11 is 1.30. The maximum Gasteiger partial charge on any atom is 0.338 e. The highest BCUT2D eigenvalue weighted by molar-refractivity contribution is 7.07. The Morgan fingerprint density at radius 2 is 1.82 bits per heavy atom. The van der Waals surface area contributed by atoms with E-state index in [0.717, 1.165) is 33.3 Å². The lowest BCUT2D eigenvalue weighted by atomic mass is 9.96. The maximum atomic E-state index is 14.3. The van der Waals surface area contributed by atoms with E-state index < -0.39 is 12.0 Å². The molecule has 1 N–H and O–H groups in total. The molecule has 0 fully saturated rings. The third-order valence-corrected chi connectivity index (χ3v) is 8.47. The number of hydrogen-bond acceptors (Lipinski definition) is 7. The molecule has 3 aromatic carbocycles. The third kappa shape index (κ3) is 5.24. The van der Waals surface area contributed by atoms with Crippen molar-refractivity contribution in [3.8, 4) is 22.8 Å². The fourth-order valence-electron chi connectivity index (χ4n) is 5.58. The topological polar surface area (TPSA) is 94.9 Å². The van der Waals surface area contributed by atoms with Crippen LogP contribution in [0.4, 0.5) is 0 Å². The molecule has 0 saturated heterocycles. The zero-order valence-corrected chi connectivity index (χ0v) is 26.0. The number of carbonyl (C=O) groups excluding carboxylic acids is 1. The summed E-state index contributed by atoms with van der Waals surface area (Å²) in [6.07, 6.45) is 1.58. The number of methoxy groups -OCH3 is 1. The Kier molecular flexibility index (Phi) is 7.97. The Labute approximate surface area is 258 Å². The van der Waals surface area contributed by atoms with Crippen LogP contribution >= 0.6 is 11.3 Å². The van der Waals surface area contributed by atoms with Crippen LogP contribution in [0.3, 0.4) is 0 Å². The fourth-order valence-corrected chi connectivity index (χ4v) is 6.61. The van der Waals surface area contributed by atoms with E-state index in [1.165, 1.54) is 11.3 Å².